The van der Waals surface area contributed by atoms with Gasteiger partial charge in [0.15, 0.2) is 0 Å². The molecule has 0 saturated heterocycles. The van der Waals surface area contributed by atoms with Crippen LogP contribution in [0.2, 0.25) is 5.02 Å². The van der Waals surface area contributed by atoms with Gasteiger partial charge in [-0.15, -0.1) is 0 Å². The van der Waals surface area contributed by atoms with E-state index in [0.29, 0.717) is 10.9 Å². The van der Waals surface area contributed by atoms with Crippen molar-refractivity contribution in [2.45, 2.75) is 13.8 Å². The van der Waals surface area contributed by atoms with Gasteiger partial charge in [0.25, 0.3) is 0 Å². The summed E-state index contributed by atoms with van der Waals surface area (Å²) in [5.41, 5.74) is 9.69. The zero-order valence-corrected chi connectivity index (χ0v) is 9.30. The zero-order valence-electron chi connectivity index (χ0n) is 8.54. The van der Waals surface area contributed by atoms with Crippen molar-refractivity contribution in [3.63, 3.8) is 0 Å². The van der Waals surface area contributed by atoms with Gasteiger partial charge >= 0.3 is 0 Å². The van der Waals surface area contributed by atoms with Crippen molar-refractivity contribution in [2.75, 3.05) is 5.73 Å². The molecule has 2 N–H and O–H groups in total. The van der Waals surface area contributed by atoms with Gasteiger partial charge < -0.3 is 10.3 Å². The van der Waals surface area contributed by atoms with Crippen LogP contribution in [0, 0.1) is 13.8 Å². The maximum Gasteiger partial charge on any atom is 0.229 e. The van der Waals surface area contributed by atoms with E-state index in [-0.39, 0.29) is 0 Å². The number of hydrogen-bond donors (Lipinski definition) is 1. The molecule has 3 nitrogen and oxygen atoms in total. The van der Waals surface area contributed by atoms with Gasteiger partial charge in [0.2, 0.25) is 5.88 Å². The van der Waals surface area contributed by atoms with Crippen molar-refractivity contribution in [3.8, 4) is 11.1 Å². The topological polar surface area (TPSA) is 52.0 Å². The molecule has 2 rings (SSSR count). The SMILES string of the molecule is Cc1cc(Cl)cc(-c2cnoc2N)c1C. The molecule has 0 unspecified atom stereocenters. The standard InChI is InChI=1S/C11H11ClN2O/c1-6-3-8(12)4-9(7(6)2)10-5-14-15-11(10)13/h3-5H,13H2,1-2H3. The molecule has 0 atom stereocenters. The highest BCUT2D eigenvalue weighted by Gasteiger charge is 2.11. The van der Waals surface area contributed by atoms with E-state index in [2.05, 4.69) is 5.16 Å². The number of nitrogens with zero attached hydrogens (tertiary/aromatic N) is 1. The number of aryl methyl sites for hydroxylation is 1. The van der Waals surface area contributed by atoms with E-state index in [1.807, 2.05) is 26.0 Å². The van der Waals surface area contributed by atoms with Gasteiger partial charge in [-0.3, -0.25) is 0 Å². The monoisotopic (exact) mass is 222 g/mol. The molecule has 0 spiro atoms. The largest absolute Gasteiger partial charge is 0.367 e. The van der Waals surface area contributed by atoms with Gasteiger partial charge in [0.1, 0.15) is 0 Å². The van der Waals surface area contributed by atoms with Gasteiger partial charge in [-0.25, -0.2) is 0 Å². The first-order valence-electron chi connectivity index (χ1n) is 4.57. The number of rotatable bonds is 1. The number of nitrogens with two attached hydrogens (primary N) is 1. The van der Waals surface area contributed by atoms with Crippen LogP contribution in [0.5, 0.6) is 0 Å². The van der Waals surface area contributed by atoms with Crippen molar-refractivity contribution in [1.82, 2.24) is 5.16 Å². The lowest BCUT2D eigenvalue weighted by molar-refractivity contribution is 0.436. The second kappa shape index (κ2) is 3.59. The van der Waals surface area contributed by atoms with Crippen molar-refractivity contribution < 1.29 is 4.52 Å². The highest BCUT2D eigenvalue weighted by molar-refractivity contribution is 6.31. The molecule has 0 radical (unpaired) electrons. The average molecular weight is 223 g/mol. The van der Waals surface area contributed by atoms with Crippen LogP contribution < -0.4 is 5.73 Å². The number of hydrogen-bond acceptors (Lipinski definition) is 3. The highest BCUT2D eigenvalue weighted by atomic mass is 35.5. The average Bonchev–Trinajstić information content (AvgIpc) is 2.58. The molecule has 4 heteroatoms. The minimum atomic E-state index is 0.319. The fourth-order valence-electron chi connectivity index (χ4n) is 1.55. The number of halogens is 1. The molecule has 0 aliphatic heterocycles. The number of benzene rings is 1. The Morgan fingerprint density at radius 1 is 1.27 bits per heavy atom. The van der Waals surface area contributed by atoms with Gasteiger partial charge in [0.05, 0.1) is 11.8 Å². The third-order valence-electron chi connectivity index (χ3n) is 2.52. The first kappa shape index (κ1) is 10.1. The van der Waals surface area contributed by atoms with Gasteiger partial charge in [-0.05, 0) is 42.7 Å². The van der Waals surface area contributed by atoms with Crippen LogP contribution in [-0.4, -0.2) is 5.16 Å². The summed E-state index contributed by atoms with van der Waals surface area (Å²) in [4.78, 5) is 0. The second-order valence-corrected chi connectivity index (χ2v) is 3.94. The second-order valence-electron chi connectivity index (χ2n) is 3.50. The fourth-order valence-corrected chi connectivity index (χ4v) is 1.82. The van der Waals surface area contributed by atoms with Gasteiger partial charge in [-0.1, -0.05) is 16.8 Å². The summed E-state index contributed by atoms with van der Waals surface area (Å²) in [6, 6.07) is 3.79. The molecule has 0 bridgehead atoms. The molecule has 0 fully saturated rings. The maximum absolute atomic E-state index is 6.00. The lowest BCUT2D eigenvalue weighted by Gasteiger charge is -2.07. The summed E-state index contributed by atoms with van der Waals surface area (Å²) in [7, 11) is 0. The molecule has 1 heterocycles. The molecule has 15 heavy (non-hydrogen) atoms. The van der Waals surface area contributed by atoms with Crippen molar-refractivity contribution >= 4 is 17.5 Å². The van der Waals surface area contributed by atoms with Crippen LogP contribution in [0.3, 0.4) is 0 Å². The van der Waals surface area contributed by atoms with Crippen LogP contribution in [0.25, 0.3) is 11.1 Å². The van der Waals surface area contributed by atoms with E-state index < -0.39 is 0 Å². The molecule has 78 valence electrons. The highest BCUT2D eigenvalue weighted by Crippen LogP contribution is 2.32. The molecule has 0 saturated carbocycles. The number of aromatic nitrogens is 1. The first-order valence-corrected chi connectivity index (χ1v) is 4.94. The molecule has 1 aromatic carbocycles. The third-order valence-corrected chi connectivity index (χ3v) is 2.74. The predicted octanol–water partition coefficient (Wildman–Crippen LogP) is 3.19. The Balaban J connectivity index is 2.68. The van der Waals surface area contributed by atoms with Crippen LogP contribution >= 0.6 is 11.6 Å². The summed E-state index contributed by atoms with van der Waals surface area (Å²) in [5.74, 6) is 0.319. The van der Waals surface area contributed by atoms with E-state index in [4.69, 9.17) is 21.9 Å². The quantitative estimate of drug-likeness (QED) is 0.806. The molecule has 1 aromatic heterocycles. The molecule has 2 aromatic rings. The van der Waals surface area contributed by atoms with Gasteiger partial charge in [-0.2, -0.15) is 0 Å². The smallest absolute Gasteiger partial charge is 0.229 e. The van der Waals surface area contributed by atoms with E-state index in [1.54, 1.807) is 6.20 Å². The summed E-state index contributed by atoms with van der Waals surface area (Å²) >= 11 is 6.00. The van der Waals surface area contributed by atoms with E-state index in [1.165, 1.54) is 0 Å². The molecule has 0 aliphatic rings. The first-order chi connectivity index (χ1) is 7.09. The van der Waals surface area contributed by atoms with Crippen molar-refractivity contribution in [2.24, 2.45) is 0 Å². The van der Waals surface area contributed by atoms with Crippen molar-refractivity contribution in [3.05, 3.63) is 34.5 Å². The summed E-state index contributed by atoms with van der Waals surface area (Å²) in [5, 5.41) is 4.34. The Labute approximate surface area is 92.8 Å². The Morgan fingerprint density at radius 2 is 2.00 bits per heavy atom. The molecule has 0 aliphatic carbocycles. The minimum Gasteiger partial charge on any atom is -0.367 e. The predicted molar refractivity (Wildman–Crippen MR) is 60.8 cm³/mol. The lowest BCUT2D eigenvalue weighted by atomic mass is 9.99. The molecular formula is C11H11ClN2O. The fraction of sp³-hybridized carbons (Fsp3) is 0.182. The zero-order chi connectivity index (χ0) is 11.0. The Morgan fingerprint density at radius 3 is 2.60 bits per heavy atom. The maximum atomic E-state index is 6.00. The lowest BCUT2D eigenvalue weighted by Crippen LogP contribution is -1.90. The van der Waals surface area contributed by atoms with Crippen LogP contribution in [0.15, 0.2) is 22.9 Å². The van der Waals surface area contributed by atoms with Gasteiger partial charge in [0, 0.05) is 5.02 Å². The van der Waals surface area contributed by atoms with E-state index in [0.717, 1.165) is 22.3 Å². The normalized spacial score (nSPS) is 10.6. The summed E-state index contributed by atoms with van der Waals surface area (Å²) < 4.78 is 4.84. The van der Waals surface area contributed by atoms with Crippen LogP contribution in [-0.2, 0) is 0 Å². The molecule has 0 amide bonds. The number of anilines is 1. The van der Waals surface area contributed by atoms with Crippen LogP contribution in [0.4, 0.5) is 5.88 Å². The Hall–Kier alpha value is -1.48. The minimum absolute atomic E-state index is 0.319. The molecular weight excluding hydrogens is 212 g/mol. The summed E-state index contributed by atoms with van der Waals surface area (Å²) in [6.07, 6.45) is 1.60. The van der Waals surface area contributed by atoms with Crippen molar-refractivity contribution in [1.29, 1.82) is 0 Å². The Kier molecular flexibility index (Phi) is 2.40. The number of nitrogen functional groups attached to an aromatic ring is 1. The third kappa shape index (κ3) is 1.70. The van der Waals surface area contributed by atoms with E-state index >= 15 is 0 Å². The van der Waals surface area contributed by atoms with Crippen LogP contribution in [0.1, 0.15) is 11.1 Å². The Bertz CT molecular complexity index is 505. The summed E-state index contributed by atoms with van der Waals surface area (Å²) in [6.45, 7) is 4.03. The van der Waals surface area contributed by atoms with E-state index in [9.17, 15) is 0 Å².